The van der Waals surface area contributed by atoms with Crippen LogP contribution in [0.3, 0.4) is 0 Å². The number of hydrogen-bond donors (Lipinski definition) is 1. The number of nitrogens with zero attached hydrogens (tertiary/aromatic N) is 2. The van der Waals surface area contributed by atoms with Crippen LogP contribution in [0.4, 0.5) is 0 Å². The molecule has 7 nitrogen and oxygen atoms in total. The van der Waals surface area contributed by atoms with Gasteiger partial charge in [-0.1, -0.05) is 37.6 Å². The number of halogens is 1. The smallest absolute Gasteiger partial charge is 0.272 e. The van der Waals surface area contributed by atoms with Gasteiger partial charge in [-0.3, -0.25) is 4.79 Å². The van der Waals surface area contributed by atoms with Gasteiger partial charge in [0, 0.05) is 18.7 Å². The highest BCUT2D eigenvalue weighted by Gasteiger charge is 2.21. The summed E-state index contributed by atoms with van der Waals surface area (Å²) in [5, 5.41) is 4.22. The van der Waals surface area contributed by atoms with E-state index in [1.165, 1.54) is 10.5 Å². The van der Waals surface area contributed by atoms with Gasteiger partial charge in [-0.05, 0) is 48.5 Å². The van der Waals surface area contributed by atoms with E-state index in [2.05, 4.69) is 10.5 Å². The number of sulfonamides is 1. The van der Waals surface area contributed by atoms with Crippen LogP contribution in [-0.2, 0) is 10.0 Å². The minimum absolute atomic E-state index is 0.232. The maximum atomic E-state index is 12.6. The molecule has 2 aromatic carbocycles. The first kappa shape index (κ1) is 22.7. The lowest BCUT2D eigenvalue weighted by Gasteiger charge is -2.18. The van der Waals surface area contributed by atoms with Crippen molar-refractivity contribution in [2.75, 3.05) is 13.1 Å². The lowest BCUT2D eigenvalue weighted by molar-refractivity contribution is 0.0955. The van der Waals surface area contributed by atoms with Gasteiger partial charge in [0.1, 0.15) is 11.5 Å². The van der Waals surface area contributed by atoms with Crippen molar-refractivity contribution < 1.29 is 17.6 Å². The number of hydrogen-bond acceptors (Lipinski definition) is 5. The number of benzene rings is 2. The predicted molar refractivity (Wildman–Crippen MR) is 121 cm³/mol. The highest BCUT2D eigenvalue weighted by molar-refractivity contribution is 7.89. The highest BCUT2D eigenvalue weighted by atomic mass is 35.5. The molecule has 0 fully saturated rings. The van der Waals surface area contributed by atoms with E-state index in [4.69, 9.17) is 16.0 Å². The monoisotopic (exact) mass is 459 g/mol. The molecule has 0 saturated heterocycles. The van der Waals surface area contributed by atoms with Crippen molar-refractivity contribution >= 4 is 33.7 Å². The SMILES string of the molecule is CCN(CC)S(=O)(=O)c1ccc(-c2ccc(/C=N/NC(=O)c3ccccc3Cl)o2)cc1. The molecule has 0 atom stereocenters. The summed E-state index contributed by atoms with van der Waals surface area (Å²) in [4.78, 5) is 12.3. The van der Waals surface area contributed by atoms with Gasteiger partial charge in [-0.25, -0.2) is 13.8 Å². The molecule has 3 rings (SSSR count). The molecule has 0 aliphatic heterocycles. The first-order valence-electron chi connectivity index (χ1n) is 9.65. The van der Waals surface area contributed by atoms with E-state index >= 15 is 0 Å². The van der Waals surface area contributed by atoms with Crippen molar-refractivity contribution in [3.63, 3.8) is 0 Å². The lowest BCUT2D eigenvalue weighted by Crippen LogP contribution is -2.30. The van der Waals surface area contributed by atoms with Crippen LogP contribution in [0.15, 0.2) is 75.1 Å². The van der Waals surface area contributed by atoms with Crippen molar-refractivity contribution in [3.8, 4) is 11.3 Å². The molecule has 1 amide bonds. The fourth-order valence-electron chi connectivity index (χ4n) is 2.94. The molecule has 1 heterocycles. The Bertz CT molecular complexity index is 1180. The molecular formula is C22H22ClN3O4S. The molecule has 0 bridgehead atoms. The van der Waals surface area contributed by atoms with Crippen LogP contribution in [0.2, 0.25) is 5.02 Å². The van der Waals surface area contributed by atoms with E-state index in [1.54, 1.807) is 74.5 Å². The molecule has 1 aromatic heterocycles. The average Bonchev–Trinajstić information content (AvgIpc) is 3.23. The summed E-state index contributed by atoms with van der Waals surface area (Å²) in [5.41, 5.74) is 3.44. The minimum Gasteiger partial charge on any atom is -0.455 e. The van der Waals surface area contributed by atoms with Gasteiger partial charge in [0.05, 0.1) is 21.7 Å². The van der Waals surface area contributed by atoms with Crippen LogP contribution >= 0.6 is 11.6 Å². The van der Waals surface area contributed by atoms with Gasteiger partial charge in [-0.2, -0.15) is 9.41 Å². The Kier molecular flexibility index (Phi) is 7.27. The molecule has 31 heavy (non-hydrogen) atoms. The zero-order valence-electron chi connectivity index (χ0n) is 17.1. The fraction of sp³-hybridized carbons (Fsp3) is 0.182. The number of rotatable bonds is 8. The number of amides is 1. The summed E-state index contributed by atoms with van der Waals surface area (Å²) in [6.07, 6.45) is 1.37. The fourth-order valence-corrected chi connectivity index (χ4v) is 4.62. The van der Waals surface area contributed by atoms with E-state index in [-0.39, 0.29) is 4.90 Å². The average molecular weight is 460 g/mol. The number of furan rings is 1. The highest BCUT2D eigenvalue weighted by Crippen LogP contribution is 2.24. The zero-order valence-corrected chi connectivity index (χ0v) is 18.7. The predicted octanol–water partition coefficient (Wildman–Crippen LogP) is 4.39. The van der Waals surface area contributed by atoms with E-state index in [0.29, 0.717) is 35.2 Å². The van der Waals surface area contributed by atoms with E-state index in [0.717, 1.165) is 5.56 Å². The summed E-state index contributed by atoms with van der Waals surface area (Å²) in [5.74, 6) is 0.540. The number of nitrogens with one attached hydrogen (secondary N) is 1. The molecule has 162 valence electrons. The Morgan fingerprint density at radius 3 is 2.39 bits per heavy atom. The van der Waals surface area contributed by atoms with Gasteiger partial charge in [0.2, 0.25) is 10.0 Å². The molecule has 1 N–H and O–H groups in total. The van der Waals surface area contributed by atoms with E-state index in [1.807, 2.05) is 0 Å². The molecule has 0 aliphatic rings. The Morgan fingerprint density at radius 1 is 1.06 bits per heavy atom. The summed E-state index contributed by atoms with van der Waals surface area (Å²) < 4.78 is 32.3. The van der Waals surface area contributed by atoms with Crippen LogP contribution in [0.25, 0.3) is 11.3 Å². The first-order chi connectivity index (χ1) is 14.9. The summed E-state index contributed by atoms with van der Waals surface area (Å²) in [6, 6.07) is 16.6. The maximum Gasteiger partial charge on any atom is 0.272 e. The second-order valence-electron chi connectivity index (χ2n) is 6.49. The van der Waals surface area contributed by atoms with Gasteiger partial charge in [0.15, 0.2) is 0 Å². The van der Waals surface area contributed by atoms with Crippen molar-refractivity contribution in [1.29, 1.82) is 0 Å². The van der Waals surface area contributed by atoms with Crippen LogP contribution in [0.5, 0.6) is 0 Å². The third-order valence-corrected chi connectivity index (χ3v) is 6.98. The Balaban J connectivity index is 1.69. The Morgan fingerprint density at radius 2 is 1.74 bits per heavy atom. The second-order valence-corrected chi connectivity index (χ2v) is 8.84. The second kappa shape index (κ2) is 9.91. The third-order valence-electron chi connectivity index (χ3n) is 4.59. The molecule has 3 aromatic rings. The van der Waals surface area contributed by atoms with Crippen LogP contribution in [0, 0.1) is 0 Å². The molecule has 0 aliphatic carbocycles. The number of hydrazone groups is 1. The van der Waals surface area contributed by atoms with Gasteiger partial charge < -0.3 is 4.42 Å². The number of carbonyl (C=O) groups excluding carboxylic acids is 1. The molecule has 0 saturated carbocycles. The molecule has 0 radical (unpaired) electrons. The quantitative estimate of drug-likeness (QED) is 0.399. The minimum atomic E-state index is -3.51. The third kappa shape index (κ3) is 5.22. The maximum absolute atomic E-state index is 12.6. The molecular weight excluding hydrogens is 438 g/mol. The molecule has 0 spiro atoms. The summed E-state index contributed by atoms with van der Waals surface area (Å²) in [6.45, 7) is 4.43. The summed E-state index contributed by atoms with van der Waals surface area (Å²) >= 11 is 5.99. The Hall–Kier alpha value is -2.94. The molecule has 9 heteroatoms. The van der Waals surface area contributed by atoms with Gasteiger partial charge in [-0.15, -0.1) is 0 Å². The zero-order chi connectivity index (χ0) is 22.4. The van der Waals surface area contributed by atoms with Crippen LogP contribution < -0.4 is 5.43 Å². The van der Waals surface area contributed by atoms with Crippen molar-refractivity contribution in [2.24, 2.45) is 5.10 Å². The van der Waals surface area contributed by atoms with Crippen LogP contribution in [-0.4, -0.2) is 37.9 Å². The van der Waals surface area contributed by atoms with Crippen LogP contribution in [0.1, 0.15) is 30.0 Å². The topological polar surface area (TPSA) is 92.0 Å². The largest absolute Gasteiger partial charge is 0.455 e. The van der Waals surface area contributed by atoms with Gasteiger partial charge in [0.25, 0.3) is 5.91 Å². The molecule has 0 unspecified atom stereocenters. The Labute approximate surface area is 186 Å². The van der Waals surface area contributed by atoms with Gasteiger partial charge >= 0.3 is 0 Å². The first-order valence-corrected chi connectivity index (χ1v) is 11.5. The van der Waals surface area contributed by atoms with E-state index < -0.39 is 15.9 Å². The van der Waals surface area contributed by atoms with E-state index in [9.17, 15) is 13.2 Å². The lowest BCUT2D eigenvalue weighted by atomic mass is 10.2. The normalized spacial score (nSPS) is 11.9. The van der Waals surface area contributed by atoms with Crippen molar-refractivity contribution in [1.82, 2.24) is 9.73 Å². The van der Waals surface area contributed by atoms with Crippen molar-refractivity contribution in [2.45, 2.75) is 18.7 Å². The standard InChI is InChI=1S/C22H22ClN3O4S/c1-3-26(4-2)31(28,29)18-12-9-16(10-13-18)21-14-11-17(30-21)15-24-25-22(27)19-7-5-6-8-20(19)23/h5-15H,3-4H2,1-2H3,(H,25,27)/b24-15+. The summed E-state index contributed by atoms with van der Waals surface area (Å²) in [7, 11) is -3.51. The number of carbonyl (C=O) groups is 1. The van der Waals surface area contributed by atoms with Crippen molar-refractivity contribution in [3.05, 3.63) is 77.0 Å².